The van der Waals surface area contributed by atoms with E-state index in [1.807, 2.05) is 17.9 Å². The van der Waals surface area contributed by atoms with Crippen molar-refractivity contribution in [2.45, 2.75) is 76.2 Å². The van der Waals surface area contributed by atoms with Gasteiger partial charge in [-0.2, -0.15) is 15.1 Å². The molecular formula is C35H39F2N7O6. The van der Waals surface area contributed by atoms with Gasteiger partial charge < -0.3 is 23.8 Å². The van der Waals surface area contributed by atoms with E-state index < -0.39 is 29.8 Å². The van der Waals surface area contributed by atoms with Crippen LogP contribution in [-0.4, -0.2) is 112 Å². The van der Waals surface area contributed by atoms with E-state index in [-0.39, 0.29) is 68.4 Å². The van der Waals surface area contributed by atoms with Gasteiger partial charge in [0.05, 0.1) is 49.0 Å². The van der Waals surface area contributed by atoms with Crippen molar-refractivity contribution < 1.29 is 37.3 Å². The quantitative estimate of drug-likeness (QED) is 0.292. The molecule has 4 atom stereocenters. The Labute approximate surface area is 286 Å². The zero-order valence-corrected chi connectivity index (χ0v) is 28.0. The van der Waals surface area contributed by atoms with Crippen LogP contribution in [-0.2, 0) is 25.4 Å². The number of rotatable bonds is 5. The Kier molecular flexibility index (Phi) is 8.50. The molecule has 13 nitrogen and oxygen atoms in total. The van der Waals surface area contributed by atoms with Crippen molar-refractivity contribution in [1.82, 2.24) is 30.0 Å². The number of hydrogen-bond donors (Lipinski definition) is 1. The third kappa shape index (κ3) is 5.89. The number of ether oxygens (including phenoxy) is 4. The summed E-state index contributed by atoms with van der Waals surface area (Å²) in [5, 5.41) is 8.25. The summed E-state index contributed by atoms with van der Waals surface area (Å²) in [6.45, 7) is 4.89. The number of nitrogens with zero attached hydrogens (tertiary/aromatic N) is 6. The van der Waals surface area contributed by atoms with Gasteiger partial charge in [-0.3, -0.25) is 19.8 Å². The molecule has 8 heterocycles. The molecule has 3 saturated heterocycles. The van der Waals surface area contributed by atoms with E-state index in [0.717, 1.165) is 23.1 Å². The number of hydrogen-bond acceptors (Lipinski definition) is 12. The Bertz CT molecular complexity index is 1980. The van der Waals surface area contributed by atoms with Crippen molar-refractivity contribution in [3.05, 3.63) is 35.4 Å². The zero-order chi connectivity index (χ0) is 34.6. The first-order valence-electron chi connectivity index (χ1n) is 17.2. The normalized spacial score (nSPS) is 25.8. The number of pyridine rings is 1. The fraction of sp³-hybridized carbons (Fsp3) is 0.543. The average molecular weight is 692 g/mol. The third-order valence-corrected chi connectivity index (χ3v) is 10.5. The number of aromatic amines is 1. The number of aryl methyl sites for hydroxylation is 1. The highest BCUT2D eigenvalue weighted by Gasteiger charge is 2.53. The van der Waals surface area contributed by atoms with Crippen LogP contribution >= 0.6 is 0 Å². The minimum atomic E-state index is -1.05. The number of nitrogens with one attached hydrogen (secondary N) is 1. The van der Waals surface area contributed by atoms with Crippen LogP contribution in [0.25, 0.3) is 33.1 Å². The summed E-state index contributed by atoms with van der Waals surface area (Å²) in [4.78, 5) is 42.8. The maximum Gasteiger partial charge on any atom is 0.508 e. The van der Waals surface area contributed by atoms with Gasteiger partial charge >= 0.3 is 12.2 Å². The molecular weight excluding hydrogens is 652 g/mol. The first-order valence-corrected chi connectivity index (χ1v) is 17.2. The lowest BCUT2D eigenvalue weighted by atomic mass is 9.92. The number of aromatic nitrogens is 5. The van der Waals surface area contributed by atoms with Gasteiger partial charge in [-0.25, -0.2) is 13.6 Å². The van der Waals surface area contributed by atoms with Crippen molar-refractivity contribution in [3.63, 3.8) is 0 Å². The van der Waals surface area contributed by atoms with Crippen LogP contribution in [0.4, 0.5) is 19.4 Å². The molecule has 6 bridgehead atoms. The Morgan fingerprint density at radius 3 is 2.94 bits per heavy atom. The van der Waals surface area contributed by atoms with Crippen LogP contribution in [0.2, 0.25) is 0 Å². The van der Waals surface area contributed by atoms with Gasteiger partial charge in [0.1, 0.15) is 41.7 Å². The molecule has 9 rings (SSSR count). The fourth-order valence-corrected chi connectivity index (χ4v) is 8.31. The molecule has 3 aromatic heterocycles. The van der Waals surface area contributed by atoms with Crippen LogP contribution in [0.3, 0.4) is 0 Å². The molecule has 5 aliphatic heterocycles. The SMILES string of the molecule is CC(=O)C[C@H]1CC[C@@]2(COc3nc4c5cnc(c(F)c5n3)-c3c(c(C)cc5[nH]ncc35)CCCOC(=O)O[C@@H]3COCCN4C3)C[C@@H](F)CN12. The molecule has 3 fully saturated rings. The van der Waals surface area contributed by atoms with Gasteiger partial charge in [-0.1, -0.05) is 0 Å². The number of Topliss-reactive ketones (excluding diaryl/α,β-unsaturated/α-hetero) is 1. The predicted octanol–water partition coefficient (Wildman–Crippen LogP) is 4.62. The van der Waals surface area contributed by atoms with Crippen molar-refractivity contribution in [2.75, 3.05) is 51.0 Å². The van der Waals surface area contributed by atoms with Crippen LogP contribution in [0.15, 0.2) is 18.5 Å². The van der Waals surface area contributed by atoms with Crippen molar-refractivity contribution in [2.24, 2.45) is 0 Å². The zero-order valence-electron chi connectivity index (χ0n) is 28.0. The topological polar surface area (TPSA) is 145 Å². The minimum Gasteiger partial charge on any atom is -0.461 e. The van der Waals surface area contributed by atoms with E-state index in [2.05, 4.69) is 20.1 Å². The van der Waals surface area contributed by atoms with Gasteiger partial charge in [-0.05, 0) is 56.7 Å². The van der Waals surface area contributed by atoms with Crippen LogP contribution in [0.1, 0.15) is 50.2 Å². The van der Waals surface area contributed by atoms with Gasteiger partial charge in [-0.15, -0.1) is 0 Å². The van der Waals surface area contributed by atoms with Crippen molar-refractivity contribution in [1.29, 1.82) is 0 Å². The highest BCUT2D eigenvalue weighted by molar-refractivity contribution is 5.99. The largest absolute Gasteiger partial charge is 0.508 e. The Balaban J connectivity index is 1.26. The Morgan fingerprint density at radius 2 is 2.08 bits per heavy atom. The lowest BCUT2D eigenvalue weighted by molar-refractivity contribution is -0.118. The molecule has 0 aliphatic carbocycles. The van der Waals surface area contributed by atoms with Crippen LogP contribution in [0.5, 0.6) is 6.01 Å². The predicted molar refractivity (Wildman–Crippen MR) is 177 cm³/mol. The molecule has 4 aromatic rings. The van der Waals surface area contributed by atoms with Crippen molar-refractivity contribution in [3.8, 4) is 17.3 Å². The summed E-state index contributed by atoms with van der Waals surface area (Å²) < 4.78 is 55.3. The number of carbonyl (C=O) groups is 2. The number of alkyl halides is 1. The number of H-pyrrole nitrogens is 1. The Morgan fingerprint density at radius 1 is 1.20 bits per heavy atom. The molecule has 15 heteroatoms. The number of carbonyl (C=O) groups excluding carboxylic acids is 2. The maximum absolute atomic E-state index is 17.1. The van der Waals surface area contributed by atoms with Crippen LogP contribution in [0, 0.1) is 12.7 Å². The molecule has 0 saturated carbocycles. The minimum absolute atomic E-state index is 0.0123. The van der Waals surface area contributed by atoms with E-state index in [1.165, 1.54) is 0 Å². The summed E-state index contributed by atoms with van der Waals surface area (Å²) in [5.41, 5.74) is 2.52. The lowest BCUT2D eigenvalue weighted by Gasteiger charge is -2.34. The molecule has 50 heavy (non-hydrogen) atoms. The van der Waals surface area contributed by atoms with Gasteiger partial charge in [0, 0.05) is 49.1 Å². The number of anilines is 1. The molecule has 5 aliphatic rings. The highest BCUT2D eigenvalue weighted by Crippen LogP contribution is 2.45. The molecule has 1 N–H and O–H groups in total. The number of ketones is 1. The third-order valence-electron chi connectivity index (χ3n) is 10.5. The number of halogens is 2. The molecule has 0 spiro atoms. The van der Waals surface area contributed by atoms with Crippen molar-refractivity contribution >= 4 is 39.6 Å². The summed E-state index contributed by atoms with van der Waals surface area (Å²) in [7, 11) is 0. The van der Waals surface area contributed by atoms with Crippen LogP contribution < -0.4 is 9.64 Å². The van der Waals surface area contributed by atoms with E-state index in [4.69, 9.17) is 28.9 Å². The summed E-state index contributed by atoms with van der Waals surface area (Å²) in [6, 6.07) is 1.82. The number of benzene rings is 1. The molecule has 0 unspecified atom stereocenters. The van der Waals surface area contributed by atoms with Gasteiger partial charge in [0.2, 0.25) is 0 Å². The number of fused-ring (bicyclic) bond motifs is 8. The second kappa shape index (κ2) is 13.0. The maximum atomic E-state index is 17.1. The highest BCUT2D eigenvalue weighted by atomic mass is 19.1. The second-order valence-corrected chi connectivity index (χ2v) is 13.9. The first kappa shape index (κ1) is 32.7. The Hall–Kier alpha value is -4.50. The van der Waals surface area contributed by atoms with Gasteiger partial charge in [0.25, 0.3) is 0 Å². The van der Waals surface area contributed by atoms with E-state index in [0.29, 0.717) is 61.0 Å². The average Bonchev–Trinajstić information content (AvgIpc) is 3.70. The molecule has 0 radical (unpaired) electrons. The summed E-state index contributed by atoms with van der Waals surface area (Å²) in [5.74, 6) is -0.246. The lowest BCUT2D eigenvalue weighted by Crippen LogP contribution is -2.47. The monoisotopic (exact) mass is 691 g/mol. The second-order valence-electron chi connectivity index (χ2n) is 13.9. The fourth-order valence-electron chi connectivity index (χ4n) is 8.31. The smallest absolute Gasteiger partial charge is 0.461 e. The standard InChI is InChI=1S/C35H39F2N7O6/c1-19-10-27-25(14-39-42-27)28-24(19)4-3-8-48-34(46)50-23-16-43(7-9-47-17-23)32-26-13-38-31(28)29(37)30(26)40-33(41-32)49-18-35-6-5-22(11-20(2)45)44(35)15-21(36)12-35/h10,13-14,21-23H,3-9,11-12,15-18H2,1-2H3,(H,39,42)/t21-,22-,23+,35+/m1/s1. The first-order chi connectivity index (χ1) is 24.2. The molecule has 264 valence electrons. The summed E-state index contributed by atoms with van der Waals surface area (Å²) in [6.07, 6.45) is 3.64. The molecule has 1 aromatic carbocycles. The van der Waals surface area contributed by atoms with E-state index in [9.17, 15) is 14.0 Å². The molecule has 0 amide bonds. The summed E-state index contributed by atoms with van der Waals surface area (Å²) >= 11 is 0. The van der Waals surface area contributed by atoms with Gasteiger partial charge in [0.15, 0.2) is 5.82 Å². The van der Waals surface area contributed by atoms with E-state index in [1.54, 1.807) is 19.3 Å². The van der Waals surface area contributed by atoms with E-state index >= 15 is 4.39 Å².